The molecule has 0 bridgehead atoms. The maximum absolute atomic E-state index is 12.1. The molecule has 1 atom stereocenters. The summed E-state index contributed by atoms with van der Waals surface area (Å²) < 4.78 is 0. The van der Waals surface area contributed by atoms with Crippen LogP contribution in [0.4, 0.5) is 5.69 Å². The topological polar surface area (TPSA) is 84.3 Å². The molecule has 0 radical (unpaired) electrons. The van der Waals surface area contributed by atoms with Crippen LogP contribution in [0.15, 0.2) is 18.2 Å². The second-order valence-electron chi connectivity index (χ2n) is 5.18. The van der Waals surface area contributed by atoms with Gasteiger partial charge >= 0.3 is 0 Å². The fourth-order valence-electron chi connectivity index (χ4n) is 2.50. The molecule has 114 valence electrons. The Balaban J connectivity index is 1.93. The first-order valence-corrected chi connectivity index (χ1v) is 7.38. The zero-order valence-corrected chi connectivity index (χ0v) is 12.4. The van der Waals surface area contributed by atoms with Crippen LogP contribution in [-0.4, -0.2) is 30.5 Å². The van der Waals surface area contributed by atoms with Crippen molar-refractivity contribution in [3.63, 3.8) is 0 Å². The Kier molecular flexibility index (Phi) is 5.52. The molecule has 0 aromatic heterocycles. The standard InChI is InChI=1S/C14H18ClN3O3/c15-11-3-4-13(18(20)21)12(8-11)14(19)17-7-5-10-2-1-6-16-9-10/h3-4,8,10,16H,1-2,5-7,9H2,(H,17,19). The average molecular weight is 312 g/mol. The van der Waals surface area contributed by atoms with Gasteiger partial charge in [0.25, 0.3) is 11.6 Å². The van der Waals surface area contributed by atoms with Crippen LogP contribution in [0.2, 0.25) is 5.02 Å². The van der Waals surface area contributed by atoms with Crippen molar-refractivity contribution in [2.45, 2.75) is 19.3 Å². The lowest BCUT2D eigenvalue weighted by atomic mass is 9.96. The minimum Gasteiger partial charge on any atom is -0.352 e. The molecular formula is C14H18ClN3O3. The van der Waals surface area contributed by atoms with Crippen molar-refractivity contribution in [3.8, 4) is 0 Å². The van der Waals surface area contributed by atoms with Gasteiger partial charge in [0.1, 0.15) is 5.56 Å². The number of carbonyl (C=O) groups is 1. The molecule has 1 heterocycles. The van der Waals surface area contributed by atoms with Crippen LogP contribution in [0.3, 0.4) is 0 Å². The molecule has 1 saturated heterocycles. The van der Waals surface area contributed by atoms with Gasteiger partial charge in [0.2, 0.25) is 0 Å². The van der Waals surface area contributed by atoms with E-state index < -0.39 is 10.8 Å². The van der Waals surface area contributed by atoms with Gasteiger partial charge in [0, 0.05) is 17.6 Å². The average Bonchev–Trinajstić information content (AvgIpc) is 2.47. The highest BCUT2D eigenvalue weighted by Crippen LogP contribution is 2.22. The molecule has 21 heavy (non-hydrogen) atoms. The number of carbonyl (C=O) groups excluding carboxylic acids is 1. The van der Waals surface area contributed by atoms with Gasteiger partial charge in [-0.3, -0.25) is 14.9 Å². The summed E-state index contributed by atoms with van der Waals surface area (Å²) in [6, 6.07) is 3.99. The first kappa shape index (κ1) is 15.7. The zero-order chi connectivity index (χ0) is 15.2. The van der Waals surface area contributed by atoms with Gasteiger partial charge < -0.3 is 10.6 Å². The van der Waals surface area contributed by atoms with Crippen LogP contribution < -0.4 is 10.6 Å². The quantitative estimate of drug-likeness (QED) is 0.646. The third kappa shape index (κ3) is 4.41. The minimum absolute atomic E-state index is 0.00858. The largest absolute Gasteiger partial charge is 0.352 e. The van der Waals surface area contributed by atoms with E-state index in [9.17, 15) is 14.9 Å². The smallest absolute Gasteiger partial charge is 0.282 e. The summed E-state index contributed by atoms with van der Waals surface area (Å²) in [6.07, 6.45) is 3.17. The van der Waals surface area contributed by atoms with E-state index in [4.69, 9.17) is 11.6 Å². The summed E-state index contributed by atoms with van der Waals surface area (Å²) in [7, 11) is 0. The van der Waals surface area contributed by atoms with E-state index >= 15 is 0 Å². The highest BCUT2D eigenvalue weighted by atomic mass is 35.5. The summed E-state index contributed by atoms with van der Waals surface area (Å²) in [6.45, 7) is 2.53. The number of benzene rings is 1. The zero-order valence-electron chi connectivity index (χ0n) is 11.6. The molecule has 2 N–H and O–H groups in total. The van der Waals surface area contributed by atoms with E-state index in [0.717, 1.165) is 32.4 Å². The molecule has 1 aromatic carbocycles. The van der Waals surface area contributed by atoms with E-state index in [2.05, 4.69) is 10.6 Å². The predicted octanol–water partition coefficient (Wildman–Crippen LogP) is 2.37. The molecule has 1 aliphatic heterocycles. The van der Waals surface area contributed by atoms with Crippen molar-refractivity contribution >= 4 is 23.2 Å². The van der Waals surface area contributed by atoms with Crippen LogP contribution >= 0.6 is 11.6 Å². The lowest BCUT2D eigenvalue weighted by molar-refractivity contribution is -0.385. The van der Waals surface area contributed by atoms with Crippen molar-refractivity contribution in [3.05, 3.63) is 38.9 Å². The molecule has 1 amide bonds. The van der Waals surface area contributed by atoms with Gasteiger partial charge in [-0.2, -0.15) is 0 Å². The van der Waals surface area contributed by atoms with Crippen molar-refractivity contribution in [2.24, 2.45) is 5.92 Å². The van der Waals surface area contributed by atoms with Crippen LogP contribution in [0.5, 0.6) is 0 Å². The molecule has 0 spiro atoms. The molecule has 1 aliphatic rings. The van der Waals surface area contributed by atoms with E-state index in [-0.39, 0.29) is 11.3 Å². The normalized spacial score (nSPS) is 18.2. The number of nitrogens with zero attached hydrogens (tertiary/aromatic N) is 1. The lowest BCUT2D eigenvalue weighted by Crippen LogP contribution is -2.33. The number of nitrogens with one attached hydrogen (secondary N) is 2. The molecule has 1 aromatic rings. The molecule has 1 unspecified atom stereocenters. The van der Waals surface area contributed by atoms with Crippen LogP contribution in [0, 0.1) is 16.0 Å². The first-order valence-electron chi connectivity index (χ1n) is 7.01. The van der Waals surface area contributed by atoms with Crippen molar-refractivity contribution in [2.75, 3.05) is 19.6 Å². The first-order chi connectivity index (χ1) is 10.1. The predicted molar refractivity (Wildman–Crippen MR) is 80.7 cm³/mol. The SMILES string of the molecule is O=C(NCCC1CCCNC1)c1cc(Cl)ccc1[N+](=O)[O-]. The Bertz CT molecular complexity index is 530. The van der Waals surface area contributed by atoms with Gasteiger partial charge in [-0.25, -0.2) is 0 Å². The second-order valence-corrected chi connectivity index (χ2v) is 5.61. The number of amides is 1. The Hall–Kier alpha value is -1.66. The third-order valence-electron chi connectivity index (χ3n) is 3.64. The van der Waals surface area contributed by atoms with Crippen LogP contribution in [0.1, 0.15) is 29.6 Å². The van der Waals surface area contributed by atoms with Crippen molar-refractivity contribution in [1.29, 1.82) is 0 Å². The summed E-state index contributed by atoms with van der Waals surface area (Å²) in [4.78, 5) is 22.4. The fraction of sp³-hybridized carbons (Fsp3) is 0.500. The monoisotopic (exact) mass is 311 g/mol. The van der Waals surface area contributed by atoms with Crippen LogP contribution in [-0.2, 0) is 0 Å². The van der Waals surface area contributed by atoms with Gasteiger partial charge in [-0.05, 0) is 50.4 Å². The van der Waals surface area contributed by atoms with Gasteiger partial charge in [-0.1, -0.05) is 11.6 Å². The lowest BCUT2D eigenvalue weighted by Gasteiger charge is -2.22. The Morgan fingerprint density at radius 1 is 1.52 bits per heavy atom. The number of halogens is 1. The van der Waals surface area contributed by atoms with E-state index in [0.29, 0.717) is 17.5 Å². The number of hydrogen-bond acceptors (Lipinski definition) is 4. The van der Waals surface area contributed by atoms with E-state index in [1.165, 1.54) is 18.2 Å². The molecule has 7 heteroatoms. The Morgan fingerprint density at radius 2 is 2.33 bits per heavy atom. The number of nitro benzene ring substituents is 1. The summed E-state index contributed by atoms with van der Waals surface area (Å²) in [5.41, 5.74) is -0.217. The fourth-order valence-corrected chi connectivity index (χ4v) is 2.68. The molecule has 0 aliphatic carbocycles. The molecular weight excluding hydrogens is 294 g/mol. The number of rotatable bonds is 5. The highest BCUT2D eigenvalue weighted by Gasteiger charge is 2.20. The molecule has 0 saturated carbocycles. The number of hydrogen-bond donors (Lipinski definition) is 2. The summed E-state index contributed by atoms with van der Waals surface area (Å²) >= 11 is 5.81. The second kappa shape index (κ2) is 7.38. The van der Waals surface area contributed by atoms with E-state index in [1.807, 2.05) is 0 Å². The third-order valence-corrected chi connectivity index (χ3v) is 3.87. The highest BCUT2D eigenvalue weighted by molar-refractivity contribution is 6.31. The summed E-state index contributed by atoms with van der Waals surface area (Å²) in [5.74, 6) is 0.0985. The number of piperidine rings is 1. The summed E-state index contributed by atoms with van der Waals surface area (Å²) in [5, 5.41) is 17.3. The Labute approximate surface area is 128 Å². The van der Waals surface area contributed by atoms with Crippen molar-refractivity contribution < 1.29 is 9.72 Å². The minimum atomic E-state index is -0.573. The molecule has 6 nitrogen and oxygen atoms in total. The molecule has 1 fully saturated rings. The van der Waals surface area contributed by atoms with Gasteiger partial charge in [0.15, 0.2) is 0 Å². The maximum Gasteiger partial charge on any atom is 0.282 e. The van der Waals surface area contributed by atoms with Crippen molar-refractivity contribution in [1.82, 2.24) is 10.6 Å². The van der Waals surface area contributed by atoms with Gasteiger partial charge in [-0.15, -0.1) is 0 Å². The van der Waals surface area contributed by atoms with Crippen LogP contribution in [0.25, 0.3) is 0 Å². The molecule has 2 rings (SSSR count). The van der Waals surface area contributed by atoms with E-state index in [1.54, 1.807) is 0 Å². The number of nitro groups is 1. The Morgan fingerprint density at radius 3 is 3.00 bits per heavy atom. The van der Waals surface area contributed by atoms with Gasteiger partial charge in [0.05, 0.1) is 4.92 Å². The maximum atomic E-state index is 12.1.